The van der Waals surface area contributed by atoms with E-state index in [9.17, 15) is 9.18 Å². The van der Waals surface area contributed by atoms with Gasteiger partial charge in [-0.25, -0.2) is 4.39 Å². The van der Waals surface area contributed by atoms with Crippen LogP contribution in [0.25, 0.3) is 11.1 Å². The summed E-state index contributed by atoms with van der Waals surface area (Å²) in [6, 6.07) is 12.3. The number of benzene rings is 2. The molecule has 1 saturated carbocycles. The van der Waals surface area contributed by atoms with Crippen LogP contribution >= 0.6 is 11.6 Å². The van der Waals surface area contributed by atoms with E-state index in [0.29, 0.717) is 28.1 Å². The summed E-state index contributed by atoms with van der Waals surface area (Å²) < 4.78 is 14.8. The molecule has 2 aliphatic rings. The second-order valence-electron chi connectivity index (χ2n) is 6.19. The molecule has 1 amide bonds. The number of halogens is 2. The molecule has 23 heavy (non-hydrogen) atoms. The van der Waals surface area contributed by atoms with Gasteiger partial charge in [0.2, 0.25) is 5.91 Å². The third kappa shape index (κ3) is 2.73. The summed E-state index contributed by atoms with van der Waals surface area (Å²) in [6.07, 6.45) is 1.99. The van der Waals surface area contributed by atoms with E-state index >= 15 is 0 Å². The molecule has 0 aromatic heterocycles. The number of hydrogen-bond donors (Lipinski definition) is 2. The third-order valence-corrected chi connectivity index (χ3v) is 4.94. The topological polar surface area (TPSA) is 41.1 Å². The van der Waals surface area contributed by atoms with Crippen LogP contribution in [0.5, 0.6) is 0 Å². The van der Waals surface area contributed by atoms with Crippen molar-refractivity contribution < 1.29 is 9.18 Å². The van der Waals surface area contributed by atoms with Crippen LogP contribution in [0.2, 0.25) is 5.02 Å². The average molecular weight is 331 g/mol. The van der Waals surface area contributed by atoms with Crippen molar-refractivity contribution in [3.63, 3.8) is 0 Å². The van der Waals surface area contributed by atoms with Gasteiger partial charge in [-0.2, -0.15) is 0 Å². The third-order valence-electron chi connectivity index (χ3n) is 4.61. The zero-order valence-corrected chi connectivity index (χ0v) is 13.1. The Hall–Kier alpha value is -1.91. The Balaban J connectivity index is 1.59. The normalized spacial score (nSPS) is 25.0. The van der Waals surface area contributed by atoms with E-state index in [2.05, 4.69) is 10.6 Å². The minimum Gasteiger partial charge on any atom is -0.322 e. The largest absolute Gasteiger partial charge is 0.322 e. The van der Waals surface area contributed by atoms with Crippen LogP contribution < -0.4 is 10.6 Å². The Bertz CT molecular complexity index is 769. The van der Waals surface area contributed by atoms with Crippen molar-refractivity contribution in [2.24, 2.45) is 5.92 Å². The number of fused-ring (bicyclic) bond motifs is 1. The quantitative estimate of drug-likeness (QED) is 0.898. The van der Waals surface area contributed by atoms with E-state index in [-0.39, 0.29) is 17.6 Å². The zero-order chi connectivity index (χ0) is 16.0. The molecule has 1 aliphatic heterocycles. The molecule has 2 fully saturated rings. The van der Waals surface area contributed by atoms with Crippen molar-refractivity contribution in [2.75, 3.05) is 5.32 Å². The van der Waals surface area contributed by atoms with Crippen molar-refractivity contribution in [3.8, 4) is 11.1 Å². The van der Waals surface area contributed by atoms with Crippen molar-refractivity contribution in [1.82, 2.24) is 5.32 Å². The lowest BCUT2D eigenvalue weighted by atomic mass is 10.0. The van der Waals surface area contributed by atoms with Crippen molar-refractivity contribution in [1.29, 1.82) is 0 Å². The summed E-state index contributed by atoms with van der Waals surface area (Å²) in [5.41, 5.74) is 1.19. The first-order valence-corrected chi connectivity index (χ1v) is 8.11. The molecule has 3 nitrogen and oxygen atoms in total. The molecular formula is C18H16ClFN2O. The Morgan fingerprint density at radius 1 is 1.13 bits per heavy atom. The van der Waals surface area contributed by atoms with Gasteiger partial charge in [0, 0.05) is 22.2 Å². The van der Waals surface area contributed by atoms with E-state index in [4.69, 9.17) is 11.6 Å². The molecule has 1 saturated heterocycles. The lowest BCUT2D eigenvalue weighted by molar-refractivity contribution is -0.118. The van der Waals surface area contributed by atoms with Gasteiger partial charge in [-0.3, -0.25) is 4.79 Å². The molecule has 118 valence electrons. The first-order valence-electron chi connectivity index (χ1n) is 7.74. The highest BCUT2D eigenvalue weighted by Crippen LogP contribution is 2.41. The number of carbonyl (C=O) groups is 1. The van der Waals surface area contributed by atoms with Crippen LogP contribution in [0.15, 0.2) is 42.5 Å². The van der Waals surface area contributed by atoms with Crippen molar-refractivity contribution in [2.45, 2.75) is 24.9 Å². The highest BCUT2D eigenvalue weighted by molar-refractivity contribution is 6.33. The van der Waals surface area contributed by atoms with E-state index in [1.807, 2.05) is 0 Å². The number of hydrogen-bond acceptors (Lipinski definition) is 2. The number of rotatable bonds is 3. The number of amides is 1. The van der Waals surface area contributed by atoms with E-state index in [0.717, 1.165) is 12.8 Å². The smallest absolute Gasteiger partial charge is 0.241 e. The monoisotopic (exact) mass is 330 g/mol. The van der Waals surface area contributed by atoms with Gasteiger partial charge in [-0.05, 0) is 30.9 Å². The fraction of sp³-hybridized carbons (Fsp3) is 0.278. The lowest BCUT2D eigenvalue weighted by Crippen LogP contribution is -2.38. The summed E-state index contributed by atoms with van der Waals surface area (Å²) in [4.78, 5) is 12.3. The van der Waals surface area contributed by atoms with Gasteiger partial charge < -0.3 is 10.6 Å². The Kier molecular flexibility index (Phi) is 3.58. The second-order valence-corrected chi connectivity index (χ2v) is 6.60. The zero-order valence-electron chi connectivity index (χ0n) is 12.4. The second kappa shape index (κ2) is 5.62. The molecule has 5 heteroatoms. The molecule has 0 spiro atoms. The average Bonchev–Trinajstić information content (AvgIpc) is 3.16. The maximum atomic E-state index is 14.8. The summed E-state index contributed by atoms with van der Waals surface area (Å²) >= 11 is 6.15. The molecule has 2 N–H and O–H groups in total. The number of anilines is 1. The SMILES string of the molecule is O=C(Nc1cccc(-c2ccccc2Cl)c1F)[C@@H]1C[C@H]2CC2N1. The van der Waals surface area contributed by atoms with Crippen LogP contribution in [-0.4, -0.2) is 18.0 Å². The summed E-state index contributed by atoms with van der Waals surface area (Å²) in [5, 5.41) is 6.45. The lowest BCUT2D eigenvalue weighted by Gasteiger charge is -2.15. The number of carbonyl (C=O) groups excluding carboxylic acids is 1. The fourth-order valence-electron chi connectivity index (χ4n) is 3.26. The molecule has 1 unspecified atom stereocenters. The maximum absolute atomic E-state index is 14.8. The van der Waals surface area contributed by atoms with Crippen LogP contribution in [0.3, 0.4) is 0 Å². The summed E-state index contributed by atoms with van der Waals surface area (Å²) in [5.74, 6) is -0.0189. The summed E-state index contributed by atoms with van der Waals surface area (Å²) in [6.45, 7) is 0. The van der Waals surface area contributed by atoms with Gasteiger partial charge in [0.25, 0.3) is 0 Å². The molecule has 2 aromatic rings. The Labute approximate surface area is 138 Å². The minimum absolute atomic E-state index is 0.174. The van der Waals surface area contributed by atoms with Crippen LogP contribution in [-0.2, 0) is 4.79 Å². The molecule has 2 aromatic carbocycles. The van der Waals surface area contributed by atoms with Gasteiger partial charge in [-0.15, -0.1) is 0 Å². The molecular weight excluding hydrogens is 315 g/mol. The van der Waals surface area contributed by atoms with Gasteiger partial charge in [0.1, 0.15) is 0 Å². The van der Waals surface area contributed by atoms with Gasteiger partial charge in [0.05, 0.1) is 11.7 Å². The Morgan fingerprint density at radius 2 is 1.91 bits per heavy atom. The van der Waals surface area contributed by atoms with Crippen LogP contribution in [0.1, 0.15) is 12.8 Å². The molecule has 0 radical (unpaired) electrons. The van der Waals surface area contributed by atoms with Gasteiger partial charge >= 0.3 is 0 Å². The molecule has 4 rings (SSSR count). The molecule has 0 bridgehead atoms. The standard InChI is InChI=1S/C18H16ClFN2O/c19-13-6-2-1-4-11(13)12-5-3-7-14(17(12)20)22-18(23)16-9-10-8-15(10)21-16/h1-7,10,15-16,21H,8-9H2,(H,22,23)/t10-,15?,16+/m1/s1. The van der Waals surface area contributed by atoms with E-state index < -0.39 is 5.82 Å². The summed E-state index contributed by atoms with van der Waals surface area (Å²) in [7, 11) is 0. The van der Waals surface area contributed by atoms with Crippen molar-refractivity contribution >= 4 is 23.2 Å². The van der Waals surface area contributed by atoms with Crippen LogP contribution in [0.4, 0.5) is 10.1 Å². The predicted octanol–water partition coefficient (Wildman–Crippen LogP) is 3.84. The first-order chi connectivity index (χ1) is 11.1. The number of piperidine rings is 1. The van der Waals surface area contributed by atoms with Crippen LogP contribution in [0, 0.1) is 11.7 Å². The van der Waals surface area contributed by atoms with E-state index in [1.54, 1.807) is 42.5 Å². The molecule has 1 heterocycles. The van der Waals surface area contributed by atoms with Gasteiger partial charge in [-0.1, -0.05) is 41.9 Å². The molecule has 3 atom stereocenters. The predicted molar refractivity (Wildman–Crippen MR) is 88.9 cm³/mol. The van der Waals surface area contributed by atoms with E-state index in [1.165, 1.54) is 0 Å². The van der Waals surface area contributed by atoms with Gasteiger partial charge in [0.15, 0.2) is 5.82 Å². The highest BCUT2D eigenvalue weighted by Gasteiger charge is 2.47. The fourth-order valence-corrected chi connectivity index (χ4v) is 3.50. The minimum atomic E-state index is -0.461. The number of nitrogens with one attached hydrogen (secondary N) is 2. The van der Waals surface area contributed by atoms with Crippen molar-refractivity contribution in [3.05, 3.63) is 53.3 Å². The maximum Gasteiger partial charge on any atom is 0.241 e. The molecule has 1 aliphatic carbocycles. The highest BCUT2D eigenvalue weighted by atomic mass is 35.5. The Morgan fingerprint density at radius 3 is 2.65 bits per heavy atom. The first kappa shape index (κ1) is 14.7.